The average molecular weight is 204 g/mol. The molecule has 0 radical (unpaired) electrons. The minimum absolute atomic E-state index is 0. The molecular weight excluding hydrogens is 186 g/mol. The predicted octanol–water partition coefficient (Wildman–Crippen LogP) is 2.12. The monoisotopic (exact) mass is 203 g/mol. The standard InChI is InChI=1S/C10H17NO.ClH/c1-7-4-9(5-7)11-10(12)6-8-2-3-8;/h7-9H,2-6H2,1H3,(H,11,12);1H. The van der Waals surface area contributed by atoms with Gasteiger partial charge in [-0.05, 0) is 37.5 Å². The molecule has 2 nitrogen and oxygen atoms in total. The van der Waals surface area contributed by atoms with Gasteiger partial charge in [0.05, 0.1) is 0 Å². The molecule has 0 bridgehead atoms. The quantitative estimate of drug-likeness (QED) is 0.748. The zero-order valence-electron chi connectivity index (χ0n) is 8.08. The number of carbonyl (C=O) groups excluding carboxylic acids is 1. The second kappa shape index (κ2) is 4.32. The molecule has 0 aromatic heterocycles. The minimum atomic E-state index is 0. The van der Waals surface area contributed by atoms with Crippen molar-refractivity contribution in [3.8, 4) is 0 Å². The lowest BCUT2D eigenvalue weighted by Gasteiger charge is -2.33. The van der Waals surface area contributed by atoms with Gasteiger partial charge in [0.25, 0.3) is 0 Å². The van der Waals surface area contributed by atoms with Gasteiger partial charge >= 0.3 is 0 Å². The Labute approximate surface area is 85.9 Å². The maximum Gasteiger partial charge on any atom is 0.220 e. The number of hydrogen-bond donors (Lipinski definition) is 1. The third-order valence-corrected chi connectivity index (χ3v) is 2.91. The van der Waals surface area contributed by atoms with Crippen molar-refractivity contribution in [2.24, 2.45) is 11.8 Å². The van der Waals surface area contributed by atoms with Gasteiger partial charge in [0.2, 0.25) is 5.91 Å². The fraction of sp³-hybridized carbons (Fsp3) is 0.900. The lowest BCUT2D eigenvalue weighted by atomic mass is 9.82. The maximum absolute atomic E-state index is 11.3. The van der Waals surface area contributed by atoms with Crippen LogP contribution in [-0.4, -0.2) is 11.9 Å². The van der Waals surface area contributed by atoms with E-state index in [2.05, 4.69) is 12.2 Å². The van der Waals surface area contributed by atoms with Crippen molar-refractivity contribution in [3.63, 3.8) is 0 Å². The Hall–Kier alpha value is -0.240. The van der Waals surface area contributed by atoms with Crippen LogP contribution in [0.3, 0.4) is 0 Å². The Morgan fingerprint density at radius 1 is 1.38 bits per heavy atom. The zero-order chi connectivity index (χ0) is 8.55. The molecule has 0 aromatic rings. The first-order chi connectivity index (χ1) is 5.74. The molecule has 2 aliphatic rings. The molecule has 2 rings (SSSR count). The first-order valence-electron chi connectivity index (χ1n) is 5.03. The Morgan fingerprint density at radius 2 is 2.00 bits per heavy atom. The van der Waals surface area contributed by atoms with Gasteiger partial charge in [-0.1, -0.05) is 6.92 Å². The first kappa shape index (κ1) is 10.8. The van der Waals surface area contributed by atoms with Gasteiger partial charge in [-0.3, -0.25) is 4.79 Å². The Kier molecular flexibility index (Phi) is 3.60. The summed E-state index contributed by atoms with van der Waals surface area (Å²) >= 11 is 0. The molecule has 0 aliphatic heterocycles. The van der Waals surface area contributed by atoms with Gasteiger partial charge in [-0.2, -0.15) is 0 Å². The first-order valence-corrected chi connectivity index (χ1v) is 5.03. The molecule has 0 unspecified atom stereocenters. The molecule has 2 aliphatic carbocycles. The largest absolute Gasteiger partial charge is 0.353 e. The SMILES string of the molecule is CC1CC(NC(=O)CC2CC2)C1.Cl. The predicted molar refractivity (Wildman–Crippen MR) is 54.9 cm³/mol. The summed E-state index contributed by atoms with van der Waals surface area (Å²) in [5, 5.41) is 3.08. The van der Waals surface area contributed by atoms with Crippen molar-refractivity contribution >= 4 is 18.3 Å². The van der Waals surface area contributed by atoms with Crippen LogP contribution < -0.4 is 5.32 Å². The van der Waals surface area contributed by atoms with Gasteiger partial charge in [0, 0.05) is 12.5 Å². The van der Waals surface area contributed by atoms with Crippen molar-refractivity contribution in [1.29, 1.82) is 0 Å². The topological polar surface area (TPSA) is 29.1 Å². The summed E-state index contributed by atoms with van der Waals surface area (Å²) in [5.74, 6) is 1.84. The molecule has 3 heteroatoms. The second-order valence-corrected chi connectivity index (χ2v) is 4.49. The van der Waals surface area contributed by atoms with E-state index in [1.165, 1.54) is 25.7 Å². The number of nitrogens with one attached hydrogen (secondary N) is 1. The summed E-state index contributed by atoms with van der Waals surface area (Å²) < 4.78 is 0. The van der Waals surface area contributed by atoms with Crippen LogP contribution in [0.15, 0.2) is 0 Å². The van der Waals surface area contributed by atoms with E-state index in [4.69, 9.17) is 0 Å². The fourth-order valence-electron chi connectivity index (χ4n) is 1.89. The normalized spacial score (nSPS) is 31.5. The molecule has 0 saturated heterocycles. The van der Waals surface area contributed by atoms with Crippen molar-refractivity contribution in [2.45, 2.75) is 45.1 Å². The van der Waals surface area contributed by atoms with E-state index in [9.17, 15) is 4.79 Å². The zero-order valence-corrected chi connectivity index (χ0v) is 8.90. The van der Waals surface area contributed by atoms with E-state index in [-0.39, 0.29) is 18.3 Å². The van der Waals surface area contributed by atoms with Crippen LogP contribution in [0.5, 0.6) is 0 Å². The molecule has 76 valence electrons. The third-order valence-electron chi connectivity index (χ3n) is 2.91. The van der Waals surface area contributed by atoms with E-state index in [0.29, 0.717) is 6.04 Å². The minimum Gasteiger partial charge on any atom is -0.353 e. The number of halogens is 1. The van der Waals surface area contributed by atoms with Crippen molar-refractivity contribution in [1.82, 2.24) is 5.32 Å². The van der Waals surface area contributed by atoms with E-state index in [1.807, 2.05) is 0 Å². The summed E-state index contributed by atoms with van der Waals surface area (Å²) in [6.07, 6.45) is 5.71. The Morgan fingerprint density at radius 3 is 2.46 bits per heavy atom. The molecule has 0 aromatic carbocycles. The lowest BCUT2D eigenvalue weighted by molar-refractivity contribution is -0.122. The van der Waals surface area contributed by atoms with Crippen molar-refractivity contribution in [3.05, 3.63) is 0 Å². The van der Waals surface area contributed by atoms with E-state index < -0.39 is 0 Å². The highest BCUT2D eigenvalue weighted by Crippen LogP contribution is 2.33. The smallest absolute Gasteiger partial charge is 0.220 e. The molecule has 2 saturated carbocycles. The van der Waals surface area contributed by atoms with Gasteiger partial charge < -0.3 is 5.32 Å². The molecular formula is C10H18ClNO. The lowest BCUT2D eigenvalue weighted by Crippen LogP contribution is -2.43. The highest BCUT2D eigenvalue weighted by molar-refractivity contribution is 5.85. The van der Waals surface area contributed by atoms with Crippen molar-refractivity contribution < 1.29 is 4.79 Å². The fourth-order valence-corrected chi connectivity index (χ4v) is 1.89. The Bertz CT molecular complexity index is 185. The summed E-state index contributed by atoms with van der Waals surface area (Å²) in [5.41, 5.74) is 0. The molecule has 2 fully saturated rings. The van der Waals surface area contributed by atoms with Crippen LogP contribution >= 0.6 is 12.4 Å². The van der Waals surface area contributed by atoms with E-state index >= 15 is 0 Å². The maximum atomic E-state index is 11.3. The molecule has 1 N–H and O–H groups in total. The highest BCUT2D eigenvalue weighted by atomic mass is 35.5. The van der Waals surface area contributed by atoms with Gasteiger partial charge in [-0.15, -0.1) is 12.4 Å². The summed E-state index contributed by atoms with van der Waals surface area (Å²) in [6, 6.07) is 0.506. The van der Waals surface area contributed by atoms with Crippen LogP contribution in [0.4, 0.5) is 0 Å². The van der Waals surface area contributed by atoms with Gasteiger partial charge in [0.1, 0.15) is 0 Å². The van der Waals surface area contributed by atoms with Crippen LogP contribution in [-0.2, 0) is 4.79 Å². The number of rotatable bonds is 3. The van der Waals surface area contributed by atoms with E-state index in [0.717, 1.165) is 18.3 Å². The molecule has 13 heavy (non-hydrogen) atoms. The number of amides is 1. The molecule has 1 amide bonds. The van der Waals surface area contributed by atoms with Crippen LogP contribution in [0, 0.1) is 11.8 Å². The highest BCUT2D eigenvalue weighted by Gasteiger charge is 2.29. The van der Waals surface area contributed by atoms with Gasteiger partial charge in [0.15, 0.2) is 0 Å². The average Bonchev–Trinajstić information content (AvgIpc) is 2.68. The summed E-state index contributed by atoms with van der Waals surface area (Å²) in [4.78, 5) is 11.3. The Balaban J connectivity index is 0.000000845. The van der Waals surface area contributed by atoms with Crippen LogP contribution in [0.1, 0.15) is 39.0 Å². The van der Waals surface area contributed by atoms with Crippen LogP contribution in [0.2, 0.25) is 0 Å². The van der Waals surface area contributed by atoms with Gasteiger partial charge in [-0.25, -0.2) is 0 Å². The third kappa shape index (κ3) is 3.18. The summed E-state index contributed by atoms with van der Waals surface area (Å²) in [6.45, 7) is 2.24. The van der Waals surface area contributed by atoms with E-state index in [1.54, 1.807) is 0 Å². The summed E-state index contributed by atoms with van der Waals surface area (Å²) in [7, 11) is 0. The number of carbonyl (C=O) groups is 1. The van der Waals surface area contributed by atoms with Crippen LogP contribution in [0.25, 0.3) is 0 Å². The molecule has 0 atom stereocenters. The molecule has 0 heterocycles. The number of hydrogen-bond acceptors (Lipinski definition) is 1. The second-order valence-electron chi connectivity index (χ2n) is 4.49. The molecule has 0 spiro atoms. The van der Waals surface area contributed by atoms with Crippen molar-refractivity contribution in [2.75, 3.05) is 0 Å².